The number of allylic oxidation sites excluding steroid dienone is 5. The summed E-state index contributed by atoms with van der Waals surface area (Å²) in [4.78, 5) is 0. The smallest absolute Gasteiger partial charge is 0.0493 e. The molecule has 0 aromatic carbocycles. The summed E-state index contributed by atoms with van der Waals surface area (Å²) in [7, 11) is 0. The predicted octanol–water partition coefficient (Wildman–Crippen LogP) is 5.57. The molecule has 0 aromatic rings. The molecule has 3 aliphatic carbocycles. The second kappa shape index (κ2) is 13.2. The highest BCUT2D eigenvalue weighted by Gasteiger charge is 2.04. The standard InChI is InChI=1S/C7H12O.2C6H10/c8-6-7-4-2-1-3-5-7;2*1-2-4-6-5-3-1/h2,4,7-8H,1,3,5-6H2;2*1-2H,3-6H2. The quantitative estimate of drug-likeness (QED) is 0.621. The van der Waals surface area contributed by atoms with Gasteiger partial charge < -0.3 is 5.11 Å². The zero-order valence-corrected chi connectivity index (χ0v) is 13.0. The molecule has 0 fully saturated rings. The summed E-state index contributed by atoms with van der Waals surface area (Å²) in [6, 6.07) is 0. The van der Waals surface area contributed by atoms with Crippen LogP contribution in [0.15, 0.2) is 36.5 Å². The molecule has 0 heterocycles. The molecular weight excluding hydrogens is 244 g/mol. The lowest BCUT2D eigenvalue weighted by Gasteiger charge is -2.11. The van der Waals surface area contributed by atoms with E-state index in [9.17, 15) is 0 Å². The van der Waals surface area contributed by atoms with Crippen LogP contribution >= 0.6 is 0 Å². The molecule has 0 radical (unpaired) electrons. The molecule has 1 nitrogen and oxygen atoms in total. The van der Waals surface area contributed by atoms with Gasteiger partial charge in [-0.15, -0.1) is 0 Å². The minimum atomic E-state index is 0.330. The third-order valence-corrected chi connectivity index (χ3v) is 3.90. The van der Waals surface area contributed by atoms with Crippen LogP contribution in [0.3, 0.4) is 0 Å². The lowest BCUT2D eigenvalue weighted by Crippen LogP contribution is -2.04. The van der Waals surface area contributed by atoms with Crippen molar-refractivity contribution in [3.8, 4) is 0 Å². The first kappa shape index (κ1) is 17.2. The van der Waals surface area contributed by atoms with Crippen molar-refractivity contribution in [3.05, 3.63) is 36.5 Å². The van der Waals surface area contributed by atoms with Crippen LogP contribution in [-0.2, 0) is 0 Å². The molecule has 0 bridgehead atoms. The van der Waals surface area contributed by atoms with Crippen LogP contribution in [0.5, 0.6) is 0 Å². The number of aliphatic hydroxyl groups is 1. The van der Waals surface area contributed by atoms with E-state index in [0.717, 1.165) is 0 Å². The van der Waals surface area contributed by atoms with E-state index in [2.05, 4.69) is 36.5 Å². The van der Waals surface area contributed by atoms with E-state index >= 15 is 0 Å². The van der Waals surface area contributed by atoms with Gasteiger partial charge in [-0.25, -0.2) is 0 Å². The summed E-state index contributed by atoms with van der Waals surface area (Å²) in [6.07, 6.45) is 27.9. The van der Waals surface area contributed by atoms with Crippen LogP contribution in [-0.4, -0.2) is 11.7 Å². The van der Waals surface area contributed by atoms with Gasteiger partial charge in [0, 0.05) is 6.61 Å². The highest BCUT2D eigenvalue weighted by atomic mass is 16.3. The average molecular weight is 276 g/mol. The molecule has 0 saturated heterocycles. The second-order valence-electron chi connectivity index (χ2n) is 5.81. The number of hydrogen-bond acceptors (Lipinski definition) is 1. The normalized spacial score (nSPS) is 24.1. The Labute approximate surface area is 125 Å². The molecule has 0 amide bonds. The van der Waals surface area contributed by atoms with Gasteiger partial charge in [-0.05, 0) is 76.5 Å². The zero-order valence-electron chi connectivity index (χ0n) is 13.0. The van der Waals surface area contributed by atoms with E-state index in [1.165, 1.54) is 70.6 Å². The summed E-state index contributed by atoms with van der Waals surface area (Å²) in [5, 5.41) is 8.64. The largest absolute Gasteiger partial charge is 0.396 e. The topological polar surface area (TPSA) is 20.2 Å². The van der Waals surface area contributed by atoms with Gasteiger partial charge >= 0.3 is 0 Å². The van der Waals surface area contributed by atoms with Crippen LogP contribution in [0.1, 0.15) is 70.6 Å². The fourth-order valence-electron chi connectivity index (χ4n) is 2.56. The van der Waals surface area contributed by atoms with E-state index in [0.29, 0.717) is 12.5 Å². The first-order chi connectivity index (χ1) is 9.93. The molecule has 0 saturated carbocycles. The van der Waals surface area contributed by atoms with Gasteiger partial charge in [0.15, 0.2) is 0 Å². The molecule has 0 spiro atoms. The third kappa shape index (κ3) is 10.0. The maximum atomic E-state index is 8.64. The molecule has 20 heavy (non-hydrogen) atoms. The van der Waals surface area contributed by atoms with E-state index in [1.54, 1.807) is 0 Å². The Morgan fingerprint density at radius 1 is 0.650 bits per heavy atom. The monoisotopic (exact) mass is 276 g/mol. The summed E-state index contributed by atoms with van der Waals surface area (Å²) in [6.45, 7) is 0.330. The Morgan fingerprint density at radius 3 is 1.30 bits per heavy atom. The van der Waals surface area contributed by atoms with Crippen molar-refractivity contribution < 1.29 is 5.11 Å². The van der Waals surface area contributed by atoms with E-state index in [1.807, 2.05) is 0 Å². The maximum absolute atomic E-state index is 8.64. The third-order valence-electron chi connectivity index (χ3n) is 3.90. The lowest BCUT2D eigenvalue weighted by molar-refractivity contribution is 0.241. The Morgan fingerprint density at radius 2 is 1.10 bits per heavy atom. The van der Waals surface area contributed by atoms with Gasteiger partial charge in [0.05, 0.1) is 0 Å². The summed E-state index contributed by atoms with van der Waals surface area (Å²) >= 11 is 0. The number of hydrogen-bond donors (Lipinski definition) is 1. The van der Waals surface area contributed by atoms with Crippen molar-refractivity contribution in [1.29, 1.82) is 0 Å². The fraction of sp³-hybridized carbons (Fsp3) is 0.684. The van der Waals surface area contributed by atoms with E-state index < -0.39 is 0 Å². The van der Waals surface area contributed by atoms with Crippen molar-refractivity contribution in [1.82, 2.24) is 0 Å². The van der Waals surface area contributed by atoms with Crippen LogP contribution in [0, 0.1) is 5.92 Å². The van der Waals surface area contributed by atoms with Crippen molar-refractivity contribution in [2.24, 2.45) is 5.92 Å². The minimum absolute atomic E-state index is 0.330. The second-order valence-corrected chi connectivity index (χ2v) is 5.81. The molecule has 1 atom stereocenters. The Kier molecular flexibility index (Phi) is 11.4. The van der Waals surface area contributed by atoms with Gasteiger partial charge in [-0.3, -0.25) is 0 Å². The van der Waals surface area contributed by atoms with Gasteiger partial charge in [-0.2, -0.15) is 0 Å². The van der Waals surface area contributed by atoms with E-state index in [4.69, 9.17) is 5.11 Å². The van der Waals surface area contributed by atoms with Crippen molar-refractivity contribution in [2.45, 2.75) is 70.6 Å². The minimum Gasteiger partial charge on any atom is -0.396 e. The van der Waals surface area contributed by atoms with Crippen LogP contribution in [0.25, 0.3) is 0 Å². The Bertz CT molecular complexity index is 254. The highest BCUT2D eigenvalue weighted by Crippen LogP contribution is 2.15. The van der Waals surface area contributed by atoms with Gasteiger partial charge in [0.2, 0.25) is 0 Å². The molecule has 114 valence electrons. The molecule has 1 unspecified atom stereocenters. The SMILES string of the molecule is C1=CCCCC1.C1=CCCCC1.OCC1C=CCCC1. The molecule has 1 heteroatoms. The predicted molar refractivity (Wildman–Crippen MR) is 88.8 cm³/mol. The van der Waals surface area contributed by atoms with Gasteiger partial charge in [-0.1, -0.05) is 36.5 Å². The van der Waals surface area contributed by atoms with Crippen LogP contribution in [0.2, 0.25) is 0 Å². The molecular formula is C19H32O. The highest BCUT2D eigenvalue weighted by molar-refractivity contribution is 4.92. The molecule has 3 rings (SSSR count). The molecule has 3 aliphatic rings. The molecule has 1 N–H and O–H groups in total. The molecule has 0 aromatic heterocycles. The summed E-state index contributed by atoms with van der Waals surface area (Å²) in [5.41, 5.74) is 0. The van der Waals surface area contributed by atoms with Crippen molar-refractivity contribution in [3.63, 3.8) is 0 Å². The summed E-state index contributed by atoms with van der Waals surface area (Å²) in [5.74, 6) is 0.462. The lowest BCUT2D eigenvalue weighted by atomic mass is 9.97. The number of aliphatic hydroxyl groups excluding tert-OH is 1. The Balaban J connectivity index is 0.000000152. The first-order valence-electron chi connectivity index (χ1n) is 8.51. The Hall–Kier alpha value is -0.820. The van der Waals surface area contributed by atoms with Gasteiger partial charge in [0.1, 0.15) is 0 Å². The average Bonchev–Trinajstić information content (AvgIpc) is 2.60. The first-order valence-corrected chi connectivity index (χ1v) is 8.51. The summed E-state index contributed by atoms with van der Waals surface area (Å²) < 4.78 is 0. The maximum Gasteiger partial charge on any atom is 0.0493 e. The van der Waals surface area contributed by atoms with Crippen LogP contribution in [0.4, 0.5) is 0 Å². The van der Waals surface area contributed by atoms with Crippen molar-refractivity contribution >= 4 is 0 Å². The van der Waals surface area contributed by atoms with E-state index in [-0.39, 0.29) is 0 Å². The van der Waals surface area contributed by atoms with Gasteiger partial charge in [0.25, 0.3) is 0 Å². The van der Waals surface area contributed by atoms with Crippen molar-refractivity contribution in [2.75, 3.05) is 6.61 Å². The fourth-order valence-corrected chi connectivity index (χ4v) is 2.56. The number of rotatable bonds is 1. The van der Waals surface area contributed by atoms with Crippen LogP contribution < -0.4 is 0 Å². The molecule has 0 aliphatic heterocycles. The zero-order chi connectivity index (χ0) is 14.3.